The predicted octanol–water partition coefficient (Wildman–Crippen LogP) is 3.60. The molecule has 0 aromatic heterocycles. The van der Waals surface area contributed by atoms with E-state index in [1.807, 2.05) is 30.3 Å². The minimum absolute atomic E-state index is 0.293. The molecule has 0 saturated carbocycles. The van der Waals surface area contributed by atoms with Gasteiger partial charge in [-0.15, -0.1) is 0 Å². The number of carbonyl (C=O) groups is 1. The van der Waals surface area contributed by atoms with Crippen molar-refractivity contribution in [1.82, 2.24) is 15.9 Å². The molecule has 0 saturated heterocycles. The number of urea groups is 1. The summed E-state index contributed by atoms with van der Waals surface area (Å²) in [4.78, 5) is 17.2. The maximum Gasteiger partial charge on any atom is 0.342 e. The first-order valence-electron chi connectivity index (χ1n) is 9.24. The monoisotopic (exact) mass is 395 g/mol. The molecule has 2 aromatic carbocycles. The summed E-state index contributed by atoms with van der Waals surface area (Å²) in [6.45, 7) is 3.82. The van der Waals surface area contributed by atoms with E-state index in [2.05, 4.69) is 22.6 Å². The number of hydroxylamine groups is 3. The second-order valence-electron chi connectivity index (χ2n) is 6.48. The van der Waals surface area contributed by atoms with Gasteiger partial charge >= 0.3 is 6.03 Å². The maximum atomic E-state index is 13.1. The van der Waals surface area contributed by atoms with Gasteiger partial charge in [-0.3, -0.25) is 15.5 Å². The number of hydrogen-bond donors (Lipinski definition) is 3. The van der Waals surface area contributed by atoms with Crippen molar-refractivity contribution in [3.63, 3.8) is 0 Å². The van der Waals surface area contributed by atoms with Crippen LogP contribution in [0.15, 0.2) is 54.6 Å². The van der Waals surface area contributed by atoms with Gasteiger partial charge in [-0.1, -0.05) is 36.1 Å². The van der Waals surface area contributed by atoms with Crippen molar-refractivity contribution in [2.24, 2.45) is 0 Å². The van der Waals surface area contributed by atoms with E-state index in [4.69, 9.17) is 4.84 Å². The lowest BCUT2D eigenvalue weighted by molar-refractivity contribution is -0.0571. The Bertz CT molecular complexity index is 963. The van der Waals surface area contributed by atoms with Crippen LogP contribution in [0.3, 0.4) is 0 Å². The molecule has 0 radical (unpaired) electrons. The fraction of sp³-hybridized carbons (Fsp3) is 0.227. The zero-order valence-electron chi connectivity index (χ0n) is 16.1. The van der Waals surface area contributed by atoms with E-state index in [0.717, 1.165) is 22.4 Å². The third kappa shape index (κ3) is 5.13. The van der Waals surface area contributed by atoms with E-state index in [9.17, 15) is 14.4 Å². The van der Waals surface area contributed by atoms with Crippen LogP contribution in [0, 0.1) is 17.7 Å². The molecule has 1 aliphatic heterocycles. The van der Waals surface area contributed by atoms with Gasteiger partial charge in [0.15, 0.2) is 0 Å². The molecule has 3 N–H and O–H groups in total. The largest absolute Gasteiger partial charge is 0.342 e. The number of rotatable bonds is 4. The van der Waals surface area contributed by atoms with Crippen molar-refractivity contribution in [3.05, 3.63) is 77.1 Å². The van der Waals surface area contributed by atoms with Gasteiger partial charge in [0, 0.05) is 17.7 Å². The van der Waals surface area contributed by atoms with E-state index in [-0.39, 0.29) is 11.9 Å². The predicted molar refractivity (Wildman–Crippen MR) is 107 cm³/mol. The van der Waals surface area contributed by atoms with E-state index >= 15 is 0 Å². The maximum absolute atomic E-state index is 13.1. The molecular weight excluding hydrogens is 373 g/mol. The van der Waals surface area contributed by atoms with E-state index in [1.165, 1.54) is 12.1 Å². The van der Waals surface area contributed by atoms with E-state index < -0.39 is 12.1 Å². The van der Waals surface area contributed by atoms with Gasteiger partial charge in [0.1, 0.15) is 18.0 Å². The van der Waals surface area contributed by atoms with Crippen molar-refractivity contribution in [2.45, 2.75) is 26.0 Å². The topological polar surface area (TPSA) is 73.8 Å². The molecule has 7 heteroatoms. The highest BCUT2D eigenvalue weighted by atomic mass is 19.1. The van der Waals surface area contributed by atoms with Crippen molar-refractivity contribution in [2.75, 3.05) is 6.54 Å². The normalized spacial score (nSPS) is 16.1. The molecule has 1 aliphatic rings. The molecule has 2 aromatic rings. The van der Waals surface area contributed by atoms with Crippen LogP contribution in [0.4, 0.5) is 9.18 Å². The smallest absolute Gasteiger partial charge is 0.336 e. The molecule has 1 heterocycles. The molecule has 0 aliphatic carbocycles. The number of benzene rings is 2. The molecule has 2 unspecified atom stereocenters. The van der Waals surface area contributed by atoms with Gasteiger partial charge in [0.2, 0.25) is 0 Å². The number of hydrogen-bond acceptors (Lipinski definition) is 4. The van der Waals surface area contributed by atoms with Crippen molar-refractivity contribution < 1.29 is 19.2 Å². The van der Waals surface area contributed by atoms with Gasteiger partial charge in [-0.25, -0.2) is 9.18 Å². The summed E-state index contributed by atoms with van der Waals surface area (Å²) in [6, 6.07) is 12.4. The van der Waals surface area contributed by atoms with Crippen LogP contribution in [0.25, 0.3) is 5.70 Å². The highest BCUT2D eigenvalue weighted by molar-refractivity contribution is 5.73. The summed E-state index contributed by atoms with van der Waals surface area (Å²) in [6.07, 6.45) is 1.59. The van der Waals surface area contributed by atoms with Crippen LogP contribution in [0.2, 0.25) is 0 Å². The van der Waals surface area contributed by atoms with Crippen LogP contribution >= 0.6 is 0 Å². The Morgan fingerprint density at radius 1 is 1.34 bits per heavy atom. The first-order valence-corrected chi connectivity index (χ1v) is 9.24. The summed E-state index contributed by atoms with van der Waals surface area (Å²) in [7, 11) is 0. The number of amides is 2. The highest BCUT2D eigenvalue weighted by Crippen LogP contribution is 2.28. The van der Waals surface area contributed by atoms with E-state index in [1.54, 1.807) is 26.0 Å². The first-order chi connectivity index (χ1) is 14.0. The Balaban J connectivity index is 1.73. The molecule has 29 heavy (non-hydrogen) atoms. The Hall–Kier alpha value is -3.34. The minimum atomic E-state index is -0.666. The molecule has 6 nitrogen and oxygen atoms in total. The second-order valence-corrected chi connectivity index (χ2v) is 6.48. The molecule has 0 bridgehead atoms. The first kappa shape index (κ1) is 20.4. The molecule has 0 fully saturated rings. The van der Waals surface area contributed by atoms with Crippen molar-refractivity contribution in [1.29, 1.82) is 0 Å². The molecule has 2 atom stereocenters. The van der Waals surface area contributed by atoms with E-state index in [0.29, 0.717) is 11.6 Å². The molecule has 0 spiro atoms. The third-order valence-corrected chi connectivity index (χ3v) is 4.31. The summed E-state index contributed by atoms with van der Waals surface area (Å²) in [5.74, 6) is 5.53. The van der Waals surface area contributed by atoms with Crippen LogP contribution in [-0.4, -0.2) is 28.9 Å². The third-order valence-electron chi connectivity index (χ3n) is 4.31. The van der Waals surface area contributed by atoms with Gasteiger partial charge in [-0.2, -0.15) is 5.06 Å². The van der Waals surface area contributed by atoms with Gasteiger partial charge in [0.25, 0.3) is 0 Å². The SMILES string of the molecule is CCNC(=O)N(O)C(C)C#Cc1cccc(C2=CC(c3ccc(F)cc3)ON2)c1. The second kappa shape index (κ2) is 9.24. The van der Waals surface area contributed by atoms with Gasteiger partial charge in [0.05, 0.1) is 5.70 Å². The lowest BCUT2D eigenvalue weighted by atomic mass is 10.0. The zero-order chi connectivity index (χ0) is 20.8. The lowest BCUT2D eigenvalue weighted by Crippen LogP contribution is -2.42. The minimum Gasteiger partial charge on any atom is -0.336 e. The Kier molecular flexibility index (Phi) is 6.50. The molecular formula is C22H22FN3O3. The van der Waals surface area contributed by atoms with Crippen LogP contribution in [0.1, 0.15) is 36.6 Å². The fourth-order valence-electron chi connectivity index (χ4n) is 2.74. The molecule has 150 valence electrons. The van der Waals surface area contributed by atoms with Crippen LogP contribution in [-0.2, 0) is 4.84 Å². The van der Waals surface area contributed by atoms with Crippen LogP contribution < -0.4 is 10.8 Å². The zero-order valence-corrected chi connectivity index (χ0v) is 16.1. The highest BCUT2D eigenvalue weighted by Gasteiger charge is 2.19. The number of carbonyl (C=O) groups excluding carboxylic acids is 1. The number of nitrogens with one attached hydrogen (secondary N) is 2. The summed E-state index contributed by atoms with van der Waals surface area (Å²) in [5, 5.41) is 12.9. The summed E-state index contributed by atoms with van der Waals surface area (Å²) in [5.41, 5.74) is 6.12. The fourth-order valence-corrected chi connectivity index (χ4v) is 2.74. The molecule has 3 rings (SSSR count). The van der Waals surface area contributed by atoms with Gasteiger partial charge in [-0.05, 0) is 49.8 Å². The van der Waals surface area contributed by atoms with Gasteiger partial charge < -0.3 is 5.32 Å². The summed E-state index contributed by atoms with van der Waals surface area (Å²) < 4.78 is 13.1. The Morgan fingerprint density at radius 2 is 2.10 bits per heavy atom. The van der Waals surface area contributed by atoms with Crippen molar-refractivity contribution >= 4 is 11.7 Å². The quantitative estimate of drug-likeness (QED) is 0.420. The lowest BCUT2D eigenvalue weighted by Gasteiger charge is -2.18. The molecule has 2 amide bonds. The number of halogens is 1. The average Bonchev–Trinajstić information content (AvgIpc) is 3.22. The standard InChI is InChI=1S/C22H22FN3O3/c1-3-24-22(27)26(28)15(2)7-8-16-5-4-6-18(13-16)20-14-21(29-25-20)17-9-11-19(23)12-10-17/h4-6,9-15,21,25,28H,3H2,1-2H3,(H,24,27). The number of nitrogens with zero attached hydrogens (tertiary/aromatic N) is 1. The average molecular weight is 395 g/mol. The summed E-state index contributed by atoms with van der Waals surface area (Å²) >= 11 is 0. The Labute approximate surface area is 168 Å². The Morgan fingerprint density at radius 3 is 2.83 bits per heavy atom. The van der Waals surface area contributed by atoms with Crippen molar-refractivity contribution in [3.8, 4) is 11.8 Å². The van der Waals surface area contributed by atoms with Crippen LogP contribution in [0.5, 0.6) is 0 Å².